The maximum Gasteiger partial charge on any atom is 0.338 e. The van der Waals surface area contributed by atoms with E-state index in [1.165, 1.54) is 19.2 Å². The van der Waals surface area contributed by atoms with Crippen LogP contribution in [0.15, 0.2) is 42.6 Å². The second-order valence-electron chi connectivity index (χ2n) is 4.40. The fourth-order valence-corrected chi connectivity index (χ4v) is 1.98. The van der Waals surface area contributed by atoms with Gasteiger partial charge in [-0.15, -0.1) is 0 Å². The summed E-state index contributed by atoms with van der Waals surface area (Å²) >= 11 is 0. The van der Waals surface area contributed by atoms with Crippen molar-refractivity contribution in [2.75, 3.05) is 7.11 Å². The van der Waals surface area contributed by atoms with E-state index in [1.807, 2.05) is 0 Å². The third kappa shape index (κ3) is 2.51. The average molecular weight is 284 g/mol. The number of aromatic nitrogens is 2. The number of carbonyl (C=O) groups excluding carboxylic acids is 1. The van der Waals surface area contributed by atoms with Gasteiger partial charge in [-0.2, -0.15) is 5.10 Å². The summed E-state index contributed by atoms with van der Waals surface area (Å²) in [6.45, 7) is 0. The van der Waals surface area contributed by atoms with Crippen LogP contribution in [0.4, 0.5) is 0 Å². The van der Waals surface area contributed by atoms with Gasteiger partial charge in [-0.3, -0.25) is 5.10 Å². The van der Waals surface area contributed by atoms with Crippen LogP contribution in [0.25, 0.3) is 10.9 Å². The van der Waals surface area contributed by atoms with E-state index in [4.69, 9.17) is 9.47 Å². The lowest BCUT2D eigenvalue weighted by atomic mass is 10.1. The number of phenolic OH excluding ortho intramolecular Hbond substituents is 1. The van der Waals surface area contributed by atoms with E-state index in [0.29, 0.717) is 22.6 Å². The number of rotatable bonds is 3. The Bertz CT molecular complexity index is 793. The molecule has 0 saturated heterocycles. The normalized spacial score (nSPS) is 10.5. The van der Waals surface area contributed by atoms with Crippen molar-refractivity contribution in [1.82, 2.24) is 10.2 Å². The van der Waals surface area contributed by atoms with Crippen LogP contribution >= 0.6 is 0 Å². The van der Waals surface area contributed by atoms with Crippen molar-refractivity contribution in [1.29, 1.82) is 0 Å². The molecule has 3 rings (SSSR count). The van der Waals surface area contributed by atoms with Gasteiger partial charge in [0.25, 0.3) is 0 Å². The molecule has 21 heavy (non-hydrogen) atoms. The van der Waals surface area contributed by atoms with Gasteiger partial charge in [-0.25, -0.2) is 4.79 Å². The Morgan fingerprint density at radius 3 is 2.71 bits per heavy atom. The zero-order chi connectivity index (χ0) is 14.8. The molecule has 106 valence electrons. The van der Waals surface area contributed by atoms with Crippen molar-refractivity contribution in [3.8, 4) is 17.2 Å². The number of phenols is 1. The highest BCUT2D eigenvalue weighted by Gasteiger charge is 2.13. The number of aromatic amines is 1. The topological polar surface area (TPSA) is 84.4 Å². The van der Waals surface area contributed by atoms with Gasteiger partial charge in [0.05, 0.1) is 18.9 Å². The number of methoxy groups -OCH3 is 1. The molecule has 2 N–H and O–H groups in total. The summed E-state index contributed by atoms with van der Waals surface area (Å²) in [5.41, 5.74) is 1.05. The Morgan fingerprint density at radius 1 is 1.24 bits per heavy atom. The lowest BCUT2D eigenvalue weighted by Crippen LogP contribution is -2.01. The molecule has 2 aromatic carbocycles. The van der Waals surface area contributed by atoms with E-state index in [1.54, 1.807) is 30.5 Å². The number of hydrogen-bond acceptors (Lipinski definition) is 5. The number of ether oxygens (including phenoxy) is 2. The molecule has 3 aromatic rings. The van der Waals surface area contributed by atoms with E-state index in [2.05, 4.69) is 10.2 Å². The average Bonchev–Trinajstić information content (AvgIpc) is 2.97. The second kappa shape index (κ2) is 5.16. The van der Waals surface area contributed by atoms with Crippen LogP contribution < -0.4 is 4.74 Å². The smallest absolute Gasteiger partial charge is 0.338 e. The van der Waals surface area contributed by atoms with E-state index >= 15 is 0 Å². The number of aromatic hydroxyl groups is 1. The fourth-order valence-electron chi connectivity index (χ4n) is 1.98. The molecule has 1 aromatic heterocycles. The summed E-state index contributed by atoms with van der Waals surface area (Å²) in [4.78, 5) is 11.7. The minimum atomic E-state index is -0.450. The van der Waals surface area contributed by atoms with Crippen LogP contribution in [0, 0.1) is 0 Å². The van der Waals surface area contributed by atoms with Crippen molar-refractivity contribution in [3.63, 3.8) is 0 Å². The number of fused-ring (bicyclic) bond motifs is 1. The predicted molar refractivity (Wildman–Crippen MR) is 75.6 cm³/mol. The second-order valence-corrected chi connectivity index (χ2v) is 4.40. The zero-order valence-electron chi connectivity index (χ0n) is 11.2. The van der Waals surface area contributed by atoms with Gasteiger partial charge in [0.2, 0.25) is 0 Å². The molecule has 0 aliphatic carbocycles. The first-order chi connectivity index (χ1) is 10.2. The molecule has 0 atom stereocenters. The molecule has 6 heteroatoms. The molecule has 0 aliphatic heterocycles. The highest BCUT2D eigenvalue weighted by Crippen LogP contribution is 2.31. The first-order valence-electron chi connectivity index (χ1n) is 6.19. The molecule has 0 radical (unpaired) electrons. The first kappa shape index (κ1) is 13.0. The van der Waals surface area contributed by atoms with E-state index in [-0.39, 0.29) is 5.75 Å². The van der Waals surface area contributed by atoms with Crippen LogP contribution in [-0.4, -0.2) is 28.4 Å². The molecule has 0 spiro atoms. The number of nitrogens with zero attached hydrogens (tertiary/aromatic N) is 1. The van der Waals surface area contributed by atoms with Crippen molar-refractivity contribution in [3.05, 3.63) is 48.2 Å². The summed E-state index contributed by atoms with van der Waals surface area (Å²) in [5.74, 6) is 0.688. The number of carbonyl (C=O) groups is 1. The van der Waals surface area contributed by atoms with Crippen molar-refractivity contribution in [2.24, 2.45) is 0 Å². The molecule has 0 amide bonds. The Balaban J connectivity index is 2.05. The van der Waals surface area contributed by atoms with Gasteiger partial charge in [-0.1, -0.05) is 0 Å². The summed E-state index contributed by atoms with van der Waals surface area (Å²) in [5, 5.41) is 16.8. The predicted octanol–water partition coefficient (Wildman–Crippen LogP) is 2.85. The van der Waals surface area contributed by atoms with Gasteiger partial charge in [-0.05, 0) is 36.4 Å². The number of esters is 1. The Labute approximate surface area is 119 Å². The van der Waals surface area contributed by atoms with Gasteiger partial charge in [0.15, 0.2) is 5.75 Å². The van der Waals surface area contributed by atoms with Crippen molar-refractivity contribution >= 4 is 16.9 Å². The summed E-state index contributed by atoms with van der Waals surface area (Å²) in [6, 6.07) is 9.55. The highest BCUT2D eigenvalue weighted by atomic mass is 16.5. The maximum absolute atomic E-state index is 11.7. The van der Waals surface area contributed by atoms with Gasteiger partial charge in [0, 0.05) is 5.39 Å². The number of H-pyrrole nitrogens is 1. The van der Waals surface area contributed by atoms with Gasteiger partial charge < -0.3 is 14.6 Å². The maximum atomic E-state index is 11.7. The van der Waals surface area contributed by atoms with Crippen LogP contribution in [-0.2, 0) is 4.74 Å². The molecule has 0 aliphatic rings. The first-order valence-corrected chi connectivity index (χ1v) is 6.19. The third-order valence-electron chi connectivity index (χ3n) is 3.00. The monoisotopic (exact) mass is 284 g/mol. The van der Waals surface area contributed by atoms with Crippen LogP contribution in [0.1, 0.15) is 10.4 Å². The summed E-state index contributed by atoms with van der Waals surface area (Å²) in [6.07, 6.45) is 1.60. The van der Waals surface area contributed by atoms with E-state index in [9.17, 15) is 9.90 Å². The fraction of sp³-hybridized carbons (Fsp3) is 0.0667. The molecular weight excluding hydrogens is 272 g/mol. The quantitative estimate of drug-likeness (QED) is 0.722. The third-order valence-corrected chi connectivity index (χ3v) is 3.00. The van der Waals surface area contributed by atoms with E-state index in [0.717, 1.165) is 5.39 Å². The minimum absolute atomic E-state index is 0.150. The molecular formula is C15H12N2O4. The number of benzene rings is 2. The Morgan fingerprint density at radius 2 is 2.00 bits per heavy atom. The molecule has 6 nitrogen and oxygen atoms in total. The van der Waals surface area contributed by atoms with Gasteiger partial charge in [0.1, 0.15) is 17.0 Å². The van der Waals surface area contributed by atoms with Crippen LogP contribution in [0.3, 0.4) is 0 Å². The highest BCUT2D eigenvalue weighted by molar-refractivity contribution is 5.96. The molecule has 0 bridgehead atoms. The van der Waals surface area contributed by atoms with Crippen LogP contribution in [0.5, 0.6) is 17.2 Å². The SMILES string of the molecule is COC(=O)c1cc(Oc2ccc(O)cc2)c2[nH]ncc2c1. The van der Waals surface area contributed by atoms with Crippen molar-refractivity contribution in [2.45, 2.75) is 0 Å². The molecule has 1 heterocycles. The summed E-state index contributed by atoms with van der Waals surface area (Å²) < 4.78 is 10.5. The number of hydrogen-bond donors (Lipinski definition) is 2. The van der Waals surface area contributed by atoms with Gasteiger partial charge >= 0.3 is 5.97 Å². The molecule has 0 unspecified atom stereocenters. The lowest BCUT2D eigenvalue weighted by molar-refractivity contribution is 0.0600. The lowest BCUT2D eigenvalue weighted by Gasteiger charge is -2.08. The summed E-state index contributed by atoms with van der Waals surface area (Å²) in [7, 11) is 1.32. The largest absolute Gasteiger partial charge is 0.508 e. The Hall–Kier alpha value is -3.02. The zero-order valence-corrected chi connectivity index (χ0v) is 11.2. The minimum Gasteiger partial charge on any atom is -0.508 e. The number of nitrogens with one attached hydrogen (secondary N) is 1. The Kier molecular flexibility index (Phi) is 3.19. The van der Waals surface area contributed by atoms with E-state index < -0.39 is 5.97 Å². The van der Waals surface area contributed by atoms with Crippen LogP contribution in [0.2, 0.25) is 0 Å². The van der Waals surface area contributed by atoms with Crippen molar-refractivity contribution < 1.29 is 19.4 Å². The molecule has 0 fully saturated rings. The molecule has 0 saturated carbocycles. The standard InChI is InChI=1S/C15H12N2O4/c1-20-15(19)9-6-10-8-16-17-14(10)13(7-9)21-12-4-2-11(18)3-5-12/h2-8,18H,1H3,(H,16,17).